The molecule has 0 aliphatic rings. The van der Waals surface area contributed by atoms with E-state index in [0.29, 0.717) is 52.1 Å². The van der Waals surface area contributed by atoms with Gasteiger partial charge in [-0.1, -0.05) is 32.5 Å². The van der Waals surface area contributed by atoms with Crippen molar-refractivity contribution in [2.45, 2.75) is 27.2 Å². The van der Waals surface area contributed by atoms with Crippen LogP contribution in [0.25, 0.3) is 10.9 Å². The molecular weight excluding hydrogens is 455 g/mol. The molecule has 0 radical (unpaired) electrons. The number of methoxy groups -OCH3 is 1. The van der Waals surface area contributed by atoms with Gasteiger partial charge in [-0.3, -0.25) is 9.78 Å². The number of carbonyl (C=O) groups is 1. The highest BCUT2D eigenvalue weighted by Gasteiger charge is 2.17. The molecule has 0 aliphatic carbocycles. The number of hydrogen-bond donors (Lipinski definition) is 1. The minimum absolute atomic E-state index is 0.0451. The maximum absolute atomic E-state index is 14.4. The van der Waals surface area contributed by atoms with Gasteiger partial charge in [-0.25, -0.2) is 4.39 Å². The minimum atomic E-state index is -0.470. The molecule has 1 atom stereocenters. The molecule has 0 fully saturated rings. The van der Waals surface area contributed by atoms with E-state index in [-0.39, 0.29) is 16.8 Å². The van der Waals surface area contributed by atoms with Gasteiger partial charge in [0.05, 0.1) is 19.2 Å². The first kappa shape index (κ1) is 25.6. The van der Waals surface area contributed by atoms with Crippen molar-refractivity contribution in [1.29, 1.82) is 0 Å². The molecule has 2 aromatic carbocycles. The Bertz CT molecular complexity index is 1140. The summed E-state index contributed by atoms with van der Waals surface area (Å²) in [5.41, 5.74) is 1.29. The zero-order valence-electron chi connectivity index (χ0n) is 20.2. The summed E-state index contributed by atoms with van der Waals surface area (Å²) in [6.07, 6.45) is 2.33. The van der Waals surface area contributed by atoms with E-state index in [4.69, 9.17) is 14.2 Å². The number of pyridine rings is 1. The van der Waals surface area contributed by atoms with Crippen LogP contribution in [-0.2, 0) is 4.79 Å². The Morgan fingerprint density at radius 3 is 2.56 bits per heavy atom. The fourth-order valence-electron chi connectivity index (χ4n) is 3.16. The van der Waals surface area contributed by atoms with Crippen molar-refractivity contribution in [3.05, 3.63) is 48.4 Å². The fourth-order valence-corrected chi connectivity index (χ4v) is 4.16. The molecule has 1 aromatic heterocycles. The molecule has 3 aromatic rings. The first-order valence-electron chi connectivity index (χ1n) is 11.2. The molecule has 0 spiro atoms. The molecule has 3 rings (SSSR count). The van der Waals surface area contributed by atoms with Gasteiger partial charge in [0.15, 0.2) is 28.2 Å². The number of halogens is 1. The Hall–Kier alpha value is -3.00. The summed E-state index contributed by atoms with van der Waals surface area (Å²) < 4.78 is 31.7. The lowest BCUT2D eigenvalue weighted by Gasteiger charge is -2.15. The second kappa shape index (κ2) is 11.9. The van der Waals surface area contributed by atoms with Gasteiger partial charge in [0.25, 0.3) is 0 Å². The summed E-state index contributed by atoms with van der Waals surface area (Å²) in [5, 5.41) is 3.78. The fraction of sp³-hybridized carbons (Fsp3) is 0.385. The number of thioether (sulfide) groups is 1. The van der Waals surface area contributed by atoms with E-state index >= 15 is 0 Å². The van der Waals surface area contributed by atoms with Gasteiger partial charge in [-0.15, -0.1) is 0 Å². The van der Waals surface area contributed by atoms with Gasteiger partial charge >= 0.3 is 0 Å². The average molecular weight is 487 g/mol. The van der Waals surface area contributed by atoms with E-state index < -0.39 is 5.82 Å². The molecule has 8 heteroatoms. The lowest BCUT2D eigenvalue weighted by Crippen LogP contribution is -2.14. The second-order valence-corrected chi connectivity index (χ2v) is 9.33. The quantitative estimate of drug-likeness (QED) is 0.309. The Balaban J connectivity index is 1.70. The zero-order valence-corrected chi connectivity index (χ0v) is 21.0. The van der Waals surface area contributed by atoms with Crippen molar-refractivity contribution >= 4 is 33.5 Å². The molecule has 0 aliphatic heterocycles. The summed E-state index contributed by atoms with van der Waals surface area (Å²) in [4.78, 5) is 16.5. The number of benzene rings is 2. The third-order valence-corrected chi connectivity index (χ3v) is 6.74. The molecule has 1 unspecified atom stereocenters. The largest absolute Gasteiger partial charge is 0.493 e. The van der Waals surface area contributed by atoms with Crippen molar-refractivity contribution in [3.63, 3.8) is 0 Å². The average Bonchev–Trinajstić information content (AvgIpc) is 2.83. The molecule has 0 bridgehead atoms. The minimum Gasteiger partial charge on any atom is -0.493 e. The molecule has 1 heterocycles. The van der Waals surface area contributed by atoms with E-state index in [1.807, 2.05) is 6.92 Å². The van der Waals surface area contributed by atoms with E-state index in [0.717, 1.165) is 6.42 Å². The van der Waals surface area contributed by atoms with Crippen LogP contribution in [-0.4, -0.2) is 36.6 Å². The Labute approximate surface area is 204 Å². The highest BCUT2D eigenvalue weighted by atomic mass is 32.2. The standard InChI is InChI=1S/C26H31FN2O4S/c1-16(2)17(3)26(30)34-12-6-11-32-25-15-21-19(14-24(25)31-5)22(9-10-29-21)33-23-8-7-18(28-4)13-20(23)27/h7-10,13-17,28H,6,11-12H2,1-5H3. The van der Waals surface area contributed by atoms with E-state index in [1.54, 1.807) is 50.7 Å². The van der Waals surface area contributed by atoms with E-state index in [9.17, 15) is 9.18 Å². The van der Waals surface area contributed by atoms with Gasteiger partial charge in [0, 0.05) is 48.1 Å². The third kappa shape index (κ3) is 6.32. The van der Waals surface area contributed by atoms with Gasteiger partial charge in [0.1, 0.15) is 5.75 Å². The van der Waals surface area contributed by atoms with Gasteiger partial charge in [-0.2, -0.15) is 0 Å². The molecular formula is C26H31FN2O4S. The highest BCUT2D eigenvalue weighted by Crippen LogP contribution is 2.38. The molecule has 34 heavy (non-hydrogen) atoms. The maximum Gasteiger partial charge on any atom is 0.191 e. The van der Waals surface area contributed by atoms with Crippen molar-refractivity contribution in [1.82, 2.24) is 4.98 Å². The van der Waals surface area contributed by atoms with Crippen LogP contribution in [0.1, 0.15) is 27.2 Å². The number of aromatic nitrogens is 1. The van der Waals surface area contributed by atoms with Crippen LogP contribution in [0.2, 0.25) is 0 Å². The smallest absolute Gasteiger partial charge is 0.191 e. The number of anilines is 1. The van der Waals surface area contributed by atoms with Crippen molar-refractivity contribution in [3.8, 4) is 23.0 Å². The van der Waals surface area contributed by atoms with Gasteiger partial charge in [-0.05, 0) is 36.6 Å². The monoisotopic (exact) mass is 486 g/mol. The van der Waals surface area contributed by atoms with Crippen LogP contribution >= 0.6 is 11.8 Å². The van der Waals surface area contributed by atoms with E-state index in [2.05, 4.69) is 24.1 Å². The maximum atomic E-state index is 14.4. The lowest BCUT2D eigenvalue weighted by molar-refractivity contribution is -0.114. The van der Waals surface area contributed by atoms with Gasteiger partial charge < -0.3 is 19.5 Å². The summed E-state index contributed by atoms with van der Waals surface area (Å²) in [5.74, 6) is 2.25. The van der Waals surface area contributed by atoms with Gasteiger partial charge in [0.2, 0.25) is 0 Å². The second-order valence-electron chi connectivity index (χ2n) is 8.23. The number of ether oxygens (including phenoxy) is 3. The topological polar surface area (TPSA) is 69.7 Å². The summed E-state index contributed by atoms with van der Waals surface area (Å²) in [6.45, 7) is 6.52. The van der Waals surface area contributed by atoms with Crippen LogP contribution in [0, 0.1) is 17.7 Å². The van der Waals surface area contributed by atoms with Crippen molar-refractivity contribution < 1.29 is 23.4 Å². The summed E-state index contributed by atoms with van der Waals surface area (Å²) >= 11 is 1.35. The number of fused-ring (bicyclic) bond motifs is 1. The first-order chi connectivity index (χ1) is 16.3. The van der Waals surface area contributed by atoms with Crippen LogP contribution in [0.15, 0.2) is 42.6 Å². The lowest BCUT2D eigenvalue weighted by atomic mass is 10.0. The third-order valence-electron chi connectivity index (χ3n) is 5.59. The van der Waals surface area contributed by atoms with Crippen LogP contribution in [0.5, 0.6) is 23.0 Å². The normalized spacial score (nSPS) is 12.0. The molecule has 0 saturated carbocycles. The number of nitrogens with zero attached hydrogens (tertiary/aromatic N) is 1. The summed E-state index contributed by atoms with van der Waals surface area (Å²) in [7, 11) is 3.28. The molecule has 0 amide bonds. The number of hydrogen-bond acceptors (Lipinski definition) is 7. The van der Waals surface area contributed by atoms with Crippen molar-refractivity contribution in [2.75, 3.05) is 31.8 Å². The predicted octanol–water partition coefficient (Wildman–Crippen LogP) is 6.54. The number of carbonyl (C=O) groups excluding carboxylic acids is 1. The van der Waals surface area contributed by atoms with Crippen LogP contribution in [0.4, 0.5) is 10.1 Å². The zero-order chi connectivity index (χ0) is 24.7. The van der Waals surface area contributed by atoms with Crippen LogP contribution in [0.3, 0.4) is 0 Å². The first-order valence-corrected chi connectivity index (χ1v) is 12.2. The molecule has 6 nitrogen and oxygen atoms in total. The molecule has 1 N–H and O–H groups in total. The van der Waals surface area contributed by atoms with Crippen molar-refractivity contribution in [2.24, 2.45) is 11.8 Å². The predicted molar refractivity (Wildman–Crippen MR) is 136 cm³/mol. The Morgan fingerprint density at radius 2 is 1.88 bits per heavy atom. The Kier molecular flexibility index (Phi) is 8.98. The highest BCUT2D eigenvalue weighted by molar-refractivity contribution is 8.13. The van der Waals surface area contributed by atoms with E-state index in [1.165, 1.54) is 17.8 Å². The number of rotatable bonds is 11. The molecule has 0 saturated heterocycles. The SMILES string of the molecule is CNc1ccc(Oc2ccnc3cc(OCCCSC(=O)C(C)C(C)C)c(OC)cc23)c(F)c1. The van der Waals surface area contributed by atoms with Crippen LogP contribution < -0.4 is 19.5 Å². The summed E-state index contributed by atoms with van der Waals surface area (Å²) in [6, 6.07) is 9.92. The Morgan fingerprint density at radius 1 is 1.09 bits per heavy atom. The molecule has 182 valence electrons. The number of nitrogens with one attached hydrogen (secondary N) is 1.